The fraction of sp³-hybridized carbons (Fsp3) is 0.0833. The van der Waals surface area contributed by atoms with Crippen molar-refractivity contribution in [3.05, 3.63) is 94.1 Å². The number of benzene rings is 2. The van der Waals surface area contributed by atoms with E-state index < -0.39 is 15.9 Å². The number of rotatable bonds is 6. The molecule has 0 unspecified atom stereocenters. The number of fused-ring (bicyclic) bond motifs is 1. The summed E-state index contributed by atoms with van der Waals surface area (Å²) in [6, 6.07) is 12.5. The van der Waals surface area contributed by atoms with Gasteiger partial charge in [0, 0.05) is 23.7 Å². The summed E-state index contributed by atoms with van der Waals surface area (Å²) in [5.41, 5.74) is 2.38. The Morgan fingerprint density at radius 3 is 2.56 bits per heavy atom. The highest BCUT2D eigenvalue weighted by Gasteiger charge is 2.16. The van der Waals surface area contributed by atoms with Crippen LogP contribution in [-0.4, -0.2) is 24.3 Å². The second-order valence-corrected chi connectivity index (χ2v) is 9.18. The van der Waals surface area contributed by atoms with Crippen molar-refractivity contribution >= 4 is 44.6 Å². The Labute approximate surface area is 195 Å². The van der Waals surface area contributed by atoms with Gasteiger partial charge in [-0.05, 0) is 62.4 Å². The van der Waals surface area contributed by atoms with E-state index >= 15 is 0 Å². The van der Waals surface area contributed by atoms with Crippen LogP contribution < -0.4 is 15.5 Å². The highest BCUT2D eigenvalue weighted by Crippen LogP contribution is 2.17. The van der Waals surface area contributed by atoms with E-state index in [-0.39, 0.29) is 21.8 Å². The lowest BCUT2D eigenvalue weighted by molar-refractivity contribution is -0.111. The van der Waals surface area contributed by atoms with Crippen LogP contribution in [0.4, 0.5) is 11.6 Å². The molecule has 4 rings (SSSR count). The molecule has 0 bridgehead atoms. The molecule has 0 aliphatic carbocycles. The number of anilines is 2. The lowest BCUT2D eigenvalue weighted by Gasteiger charge is -2.08. The molecule has 2 aromatic carbocycles. The van der Waals surface area contributed by atoms with Crippen molar-refractivity contribution in [2.75, 3.05) is 10.0 Å². The summed E-state index contributed by atoms with van der Waals surface area (Å²) >= 11 is 0. The number of carbonyl (C=O) groups excluding carboxylic acids is 1. The summed E-state index contributed by atoms with van der Waals surface area (Å²) in [5, 5.41) is 3.05. The van der Waals surface area contributed by atoms with Crippen LogP contribution in [0.5, 0.6) is 0 Å². The van der Waals surface area contributed by atoms with Gasteiger partial charge < -0.3 is 9.73 Å². The number of carbonyl (C=O) groups is 1. The third kappa shape index (κ3) is 5.18. The van der Waals surface area contributed by atoms with E-state index in [1.165, 1.54) is 48.9 Å². The van der Waals surface area contributed by atoms with Crippen molar-refractivity contribution in [2.45, 2.75) is 18.7 Å². The van der Waals surface area contributed by atoms with Crippen molar-refractivity contribution in [1.82, 2.24) is 9.97 Å². The zero-order chi connectivity index (χ0) is 24.3. The predicted molar refractivity (Wildman–Crippen MR) is 129 cm³/mol. The van der Waals surface area contributed by atoms with Crippen LogP contribution in [0.25, 0.3) is 17.0 Å². The quantitative estimate of drug-likeness (QED) is 0.406. The summed E-state index contributed by atoms with van der Waals surface area (Å²) in [4.78, 5) is 32.8. The fourth-order valence-corrected chi connectivity index (χ4v) is 4.07. The second kappa shape index (κ2) is 9.28. The van der Waals surface area contributed by atoms with Crippen molar-refractivity contribution in [2.24, 2.45) is 0 Å². The average molecular weight is 477 g/mol. The van der Waals surface area contributed by atoms with Gasteiger partial charge in [0.05, 0.1) is 15.8 Å². The van der Waals surface area contributed by atoms with E-state index in [1.807, 2.05) is 13.0 Å². The van der Waals surface area contributed by atoms with Crippen molar-refractivity contribution in [1.29, 1.82) is 0 Å². The van der Waals surface area contributed by atoms with Crippen LogP contribution in [-0.2, 0) is 14.8 Å². The standard InChI is InChI=1S/C24H20N4O5S/c1-15-3-9-21-20(13-15)23(30)17(14-33-21)4-10-22(29)27-18-5-7-19(8-6-18)34(31,32)28-24-25-12-11-16(2)26-24/h3-14H,1-2H3,(H,27,29)(H,25,26,28)/b10-4+. The molecule has 9 nitrogen and oxygen atoms in total. The highest BCUT2D eigenvalue weighted by atomic mass is 32.2. The number of amides is 1. The molecule has 4 aromatic rings. The van der Waals surface area contributed by atoms with Crippen molar-refractivity contribution in [3.63, 3.8) is 0 Å². The van der Waals surface area contributed by atoms with Gasteiger partial charge in [0.2, 0.25) is 11.9 Å². The molecular formula is C24H20N4O5S. The largest absolute Gasteiger partial charge is 0.463 e. The third-order valence-corrected chi connectivity index (χ3v) is 6.17. The van der Waals surface area contributed by atoms with Gasteiger partial charge in [0.1, 0.15) is 11.8 Å². The van der Waals surface area contributed by atoms with Gasteiger partial charge in [-0.1, -0.05) is 11.6 Å². The minimum atomic E-state index is -3.89. The van der Waals surface area contributed by atoms with Crippen LogP contribution in [0.2, 0.25) is 0 Å². The van der Waals surface area contributed by atoms with Crippen molar-refractivity contribution in [3.8, 4) is 0 Å². The van der Waals surface area contributed by atoms with Gasteiger partial charge >= 0.3 is 0 Å². The number of aromatic nitrogens is 2. The lowest BCUT2D eigenvalue weighted by atomic mass is 10.1. The first kappa shape index (κ1) is 22.9. The molecule has 0 saturated heterocycles. The zero-order valence-electron chi connectivity index (χ0n) is 18.3. The molecule has 10 heteroatoms. The number of hydrogen-bond donors (Lipinski definition) is 2. The molecule has 0 fully saturated rings. The molecule has 0 spiro atoms. The normalized spacial score (nSPS) is 11.6. The number of nitrogens with zero attached hydrogens (tertiary/aromatic N) is 2. The Kier molecular flexibility index (Phi) is 6.24. The van der Waals surface area contributed by atoms with E-state index in [4.69, 9.17) is 4.42 Å². The first-order valence-corrected chi connectivity index (χ1v) is 11.6. The molecule has 2 heterocycles. The van der Waals surface area contributed by atoms with Gasteiger partial charge in [0.25, 0.3) is 10.0 Å². The Bertz CT molecular complexity index is 1580. The molecule has 2 N–H and O–H groups in total. The van der Waals surface area contributed by atoms with Crippen LogP contribution >= 0.6 is 0 Å². The molecule has 2 aromatic heterocycles. The summed E-state index contributed by atoms with van der Waals surface area (Å²) in [7, 11) is -3.89. The topological polar surface area (TPSA) is 131 Å². The maximum absolute atomic E-state index is 12.6. The van der Waals surface area contributed by atoms with E-state index in [2.05, 4.69) is 20.0 Å². The minimum absolute atomic E-state index is 0.0183. The second-order valence-electron chi connectivity index (χ2n) is 7.49. The smallest absolute Gasteiger partial charge is 0.264 e. The van der Waals surface area contributed by atoms with Crippen LogP contribution in [0.15, 0.2) is 81.2 Å². The lowest BCUT2D eigenvalue weighted by Crippen LogP contribution is -2.15. The SMILES string of the molecule is Cc1ccc2occ(/C=C/C(=O)Nc3ccc(S(=O)(=O)Nc4nccc(C)n4)cc3)c(=O)c2c1. The fourth-order valence-electron chi connectivity index (χ4n) is 3.12. The molecule has 1 amide bonds. The average Bonchev–Trinajstić information content (AvgIpc) is 2.79. The molecule has 34 heavy (non-hydrogen) atoms. The van der Waals surface area contributed by atoms with E-state index in [0.29, 0.717) is 22.4 Å². The number of hydrogen-bond acceptors (Lipinski definition) is 7. The minimum Gasteiger partial charge on any atom is -0.463 e. The van der Waals surface area contributed by atoms with Gasteiger partial charge in [-0.2, -0.15) is 0 Å². The molecule has 0 radical (unpaired) electrons. The summed E-state index contributed by atoms with van der Waals surface area (Å²) < 4.78 is 32.8. The Hall–Kier alpha value is -4.31. The van der Waals surface area contributed by atoms with Crippen LogP contribution in [0, 0.1) is 13.8 Å². The van der Waals surface area contributed by atoms with Gasteiger partial charge in [-0.15, -0.1) is 0 Å². The monoisotopic (exact) mass is 476 g/mol. The molecule has 0 aliphatic rings. The van der Waals surface area contributed by atoms with Crippen LogP contribution in [0.3, 0.4) is 0 Å². The Balaban J connectivity index is 1.45. The van der Waals surface area contributed by atoms with E-state index in [0.717, 1.165) is 5.56 Å². The molecule has 0 aliphatic heterocycles. The van der Waals surface area contributed by atoms with Crippen LogP contribution in [0.1, 0.15) is 16.8 Å². The molecule has 0 saturated carbocycles. The summed E-state index contributed by atoms with van der Waals surface area (Å²) in [6.07, 6.45) is 5.33. The number of aryl methyl sites for hydroxylation is 2. The maximum Gasteiger partial charge on any atom is 0.264 e. The van der Waals surface area contributed by atoms with Gasteiger partial charge in [-0.25, -0.2) is 23.1 Å². The Morgan fingerprint density at radius 2 is 1.82 bits per heavy atom. The first-order valence-electron chi connectivity index (χ1n) is 10.1. The van der Waals surface area contributed by atoms with E-state index in [9.17, 15) is 18.0 Å². The highest BCUT2D eigenvalue weighted by molar-refractivity contribution is 7.92. The molecule has 172 valence electrons. The third-order valence-electron chi connectivity index (χ3n) is 4.82. The summed E-state index contributed by atoms with van der Waals surface area (Å²) in [6.45, 7) is 3.59. The Morgan fingerprint density at radius 1 is 1.06 bits per heavy atom. The summed E-state index contributed by atoms with van der Waals surface area (Å²) in [5.74, 6) is -0.526. The zero-order valence-corrected chi connectivity index (χ0v) is 19.1. The molecule has 0 atom stereocenters. The van der Waals surface area contributed by atoms with Gasteiger partial charge in [-0.3, -0.25) is 9.59 Å². The molecular weight excluding hydrogens is 456 g/mol. The predicted octanol–water partition coefficient (Wildman–Crippen LogP) is 3.65. The number of sulfonamides is 1. The van der Waals surface area contributed by atoms with Gasteiger partial charge in [0.15, 0.2) is 5.43 Å². The van der Waals surface area contributed by atoms with Crippen molar-refractivity contribution < 1.29 is 17.6 Å². The number of nitrogens with one attached hydrogen (secondary N) is 2. The maximum atomic E-state index is 12.6. The van der Waals surface area contributed by atoms with E-state index in [1.54, 1.807) is 25.1 Å². The first-order chi connectivity index (χ1) is 16.2.